The van der Waals surface area contributed by atoms with E-state index in [1.165, 1.54) is 22.8 Å². The van der Waals surface area contributed by atoms with Crippen LogP contribution in [-0.4, -0.2) is 36.8 Å². The molecule has 3 rings (SSSR count). The molecule has 0 aliphatic heterocycles. The lowest BCUT2D eigenvalue weighted by molar-refractivity contribution is 0.761. The van der Waals surface area contributed by atoms with Crippen molar-refractivity contribution < 1.29 is 0 Å². The number of anilines is 1. The molecule has 0 spiro atoms. The second kappa shape index (κ2) is 6.19. The molecule has 106 valence electrons. The van der Waals surface area contributed by atoms with Gasteiger partial charge in [-0.15, -0.1) is 0 Å². The fourth-order valence-corrected chi connectivity index (χ4v) is 2.84. The zero-order valence-corrected chi connectivity index (χ0v) is 13.3. The van der Waals surface area contributed by atoms with Crippen molar-refractivity contribution in [2.45, 2.75) is 10.1 Å². The number of benzene rings is 1. The summed E-state index contributed by atoms with van der Waals surface area (Å²) in [7, 11) is 1.76. The van der Waals surface area contributed by atoms with Gasteiger partial charge in [0, 0.05) is 16.4 Å². The fourth-order valence-electron chi connectivity index (χ4n) is 1.54. The third-order valence-corrected chi connectivity index (χ3v) is 4.38. The maximum absolute atomic E-state index is 4.40. The molecule has 0 saturated carbocycles. The molecule has 2 aromatic heterocycles. The van der Waals surface area contributed by atoms with Crippen molar-refractivity contribution in [3.63, 3.8) is 0 Å². The Hall–Kier alpha value is -2.00. The van der Waals surface area contributed by atoms with E-state index in [0.717, 1.165) is 9.37 Å². The molecule has 1 aromatic carbocycles. The topological polar surface area (TPSA) is 81.4 Å². The molecule has 0 bridgehead atoms. The lowest BCUT2D eigenvalue weighted by Crippen LogP contribution is -2.07. The van der Waals surface area contributed by atoms with E-state index in [-0.39, 0.29) is 0 Å². The van der Waals surface area contributed by atoms with E-state index in [4.69, 9.17) is 0 Å². The molecular weight excluding hydrogens is 354 g/mol. The fraction of sp³-hybridized carbons (Fsp3) is 0.0833. The Bertz CT molecular complexity index is 747. The molecule has 7 nitrogen and oxygen atoms in total. The molecule has 0 radical (unpaired) electrons. The summed E-state index contributed by atoms with van der Waals surface area (Å²) in [6.45, 7) is 0. The number of hydrogen-bond acceptors (Lipinski definition) is 7. The normalized spacial score (nSPS) is 10.6. The maximum Gasteiger partial charge on any atom is 0.257 e. The Labute approximate surface area is 133 Å². The number of hydrogen-bond donors (Lipinski definition) is 1. The summed E-state index contributed by atoms with van der Waals surface area (Å²) in [6, 6.07) is 7.89. The third kappa shape index (κ3) is 3.19. The molecule has 1 N–H and O–H groups in total. The van der Waals surface area contributed by atoms with Gasteiger partial charge in [-0.2, -0.15) is 24.7 Å². The van der Waals surface area contributed by atoms with Gasteiger partial charge in [-0.05, 0) is 39.8 Å². The minimum absolute atomic E-state index is 0.418. The van der Waals surface area contributed by atoms with E-state index in [1.807, 2.05) is 24.3 Å². The van der Waals surface area contributed by atoms with Crippen molar-refractivity contribution in [1.82, 2.24) is 29.7 Å². The van der Waals surface area contributed by atoms with Crippen LogP contribution in [0.2, 0.25) is 0 Å². The first-order chi connectivity index (χ1) is 10.3. The summed E-state index contributed by atoms with van der Waals surface area (Å²) < 4.78 is 2.48. The van der Waals surface area contributed by atoms with E-state index in [9.17, 15) is 0 Å². The Morgan fingerprint density at radius 1 is 1.19 bits per heavy atom. The summed E-state index contributed by atoms with van der Waals surface area (Å²) in [5.74, 6) is 0.895. The Morgan fingerprint density at radius 2 is 2.05 bits per heavy atom. The van der Waals surface area contributed by atoms with Crippen molar-refractivity contribution in [2.75, 3.05) is 12.4 Å². The van der Waals surface area contributed by atoms with Crippen LogP contribution in [0.25, 0.3) is 5.95 Å². The van der Waals surface area contributed by atoms with Crippen LogP contribution < -0.4 is 5.32 Å². The van der Waals surface area contributed by atoms with E-state index >= 15 is 0 Å². The van der Waals surface area contributed by atoms with Gasteiger partial charge in [0.25, 0.3) is 5.95 Å². The summed E-state index contributed by atoms with van der Waals surface area (Å²) >= 11 is 4.96. The van der Waals surface area contributed by atoms with Crippen LogP contribution in [0.3, 0.4) is 0 Å². The average Bonchev–Trinajstić information content (AvgIpc) is 3.04. The molecule has 0 saturated heterocycles. The summed E-state index contributed by atoms with van der Waals surface area (Å²) in [6.07, 6.45) is 2.98. The molecular formula is C12H10BrN7S. The van der Waals surface area contributed by atoms with Gasteiger partial charge in [-0.3, -0.25) is 0 Å². The quantitative estimate of drug-likeness (QED) is 0.761. The molecule has 21 heavy (non-hydrogen) atoms. The monoisotopic (exact) mass is 363 g/mol. The van der Waals surface area contributed by atoms with Gasteiger partial charge in [0.1, 0.15) is 12.7 Å². The second-order valence-electron chi connectivity index (χ2n) is 3.86. The number of halogens is 1. The van der Waals surface area contributed by atoms with Gasteiger partial charge in [0.15, 0.2) is 5.16 Å². The van der Waals surface area contributed by atoms with Crippen molar-refractivity contribution in [3.05, 3.63) is 41.4 Å². The van der Waals surface area contributed by atoms with Crippen LogP contribution in [0.1, 0.15) is 0 Å². The van der Waals surface area contributed by atoms with Crippen LogP contribution in [0.4, 0.5) is 5.95 Å². The first kappa shape index (κ1) is 14.0. The van der Waals surface area contributed by atoms with Crippen LogP contribution in [0.15, 0.2) is 51.4 Å². The summed E-state index contributed by atoms with van der Waals surface area (Å²) in [4.78, 5) is 17.9. The predicted octanol–water partition coefficient (Wildman–Crippen LogP) is 2.41. The highest BCUT2D eigenvalue weighted by Gasteiger charge is 2.10. The van der Waals surface area contributed by atoms with Crippen LogP contribution in [-0.2, 0) is 0 Å². The summed E-state index contributed by atoms with van der Waals surface area (Å²) in [5.41, 5.74) is 0. The zero-order chi connectivity index (χ0) is 14.7. The predicted molar refractivity (Wildman–Crippen MR) is 82.6 cm³/mol. The number of nitrogens with zero attached hydrogens (tertiary/aromatic N) is 6. The van der Waals surface area contributed by atoms with Gasteiger partial charge in [-0.1, -0.05) is 12.1 Å². The number of rotatable bonds is 4. The van der Waals surface area contributed by atoms with E-state index in [0.29, 0.717) is 17.1 Å². The molecule has 3 aromatic rings. The van der Waals surface area contributed by atoms with Crippen LogP contribution in [0, 0.1) is 0 Å². The van der Waals surface area contributed by atoms with Crippen molar-refractivity contribution >= 4 is 33.6 Å². The van der Waals surface area contributed by atoms with Gasteiger partial charge < -0.3 is 5.32 Å². The molecule has 0 aliphatic rings. The highest BCUT2D eigenvalue weighted by Crippen LogP contribution is 2.31. The Morgan fingerprint density at radius 3 is 2.76 bits per heavy atom. The van der Waals surface area contributed by atoms with E-state index in [1.54, 1.807) is 13.4 Å². The Balaban J connectivity index is 1.99. The van der Waals surface area contributed by atoms with Gasteiger partial charge in [0.2, 0.25) is 5.95 Å². The first-order valence-corrected chi connectivity index (χ1v) is 7.58. The molecule has 9 heteroatoms. The highest BCUT2D eigenvalue weighted by atomic mass is 79.9. The molecule has 2 heterocycles. The summed E-state index contributed by atoms with van der Waals surface area (Å²) in [5, 5.41) is 7.53. The van der Waals surface area contributed by atoms with Gasteiger partial charge >= 0.3 is 0 Å². The van der Waals surface area contributed by atoms with Crippen molar-refractivity contribution in [3.8, 4) is 5.95 Å². The van der Waals surface area contributed by atoms with Crippen LogP contribution in [0.5, 0.6) is 0 Å². The Kier molecular flexibility index (Phi) is 4.11. The van der Waals surface area contributed by atoms with E-state index < -0.39 is 0 Å². The molecule has 0 unspecified atom stereocenters. The van der Waals surface area contributed by atoms with Crippen LogP contribution >= 0.6 is 27.7 Å². The molecule has 0 fully saturated rings. The number of nitrogens with one attached hydrogen (secondary N) is 1. The smallest absolute Gasteiger partial charge is 0.257 e. The first-order valence-electron chi connectivity index (χ1n) is 5.97. The molecule has 0 amide bonds. The zero-order valence-electron chi connectivity index (χ0n) is 10.9. The standard InChI is InChI=1S/C12H10BrN7S/c1-14-10-17-11(20-7-15-6-16-20)19-12(18-10)21-9-5-3-2-4-8(9)13/h2-7H,1H3,(H,14,17,18,19). The van der Waals surface area contributed by atoms with Crippen molar-refractivity contribution in [1.29, 1.82) is 0 Å². The lowest BCUT2D eigenvalue weighted by atomic mass is 10.4. The maximum atomic E-state index is 4.40. The van der Waals surface area contributed by atoms with Crippen molar-refractivity contribution in [2.24, 2.45) is 0 Å². The average molecular weight is 364 g/mol. The van der Waals surface area contributed by atoms with Gasteiger partial charge in [0.05, 0.1) is 0 Å². The minimum Gasteiger partial charge on any atom is -0.357 e. The largest absolute Gasteiger partial charge is 0.357 e. The number of aromatic nitrogens is 6. The SMILES string of the molecule is CNc1nc(Sc2ccccc2Br)nc(-n2cncn2)n1. The molecule has 0 atom stereocenters. The van der Waals surface area contributed by atoms with E-state index in [2.05, 4.69) is 46.3 Å². The molecule has 0 aliphatic carbocycles. The highest BCUT2D eigenvalue weighted by molar-refractivity contribution is 9.10. The minimum atomic E-state index is 0.418. The second-order valence-corrected chi connectivity index (χ2v) is 5.73. The third-order valence-electron chi connectivity index (χ3n) is 2.49. The van der Waals surface area contributed by atoms with Gasteiger partial charge in [-0.25, -0.2) is 4.98 Å². The lowest BCUT2D eigenvalue weighted by Gasteiger charge is -2.06.